The molecule has 2 unspecified atom stereocenters. The summed E-state index contributed by atoms with van der Waals surface area (Å²) >= 11 is 0. The number of piperazine rings is 1. The van der Waals surface area contributed by atoms with Crippen molar-refractivity contribution in [1.82, 2.24) is 10.2 Å². The van der Waals surface area contributed by atoms with Crippen molar-refractivity contribution in [2.24, 2.45) is 0 Å². The minimum Gasteiger partial charge on any atom is -0.380 e. The van der Waals surface area contributed by atoms with E-state index in [0.717, 1.165) is 19.6 Å². The minimum atomic E-state index is 0.00421. The maximum atomic E-state index is 5.46. The molecular formula is C17H28N2O. The normalized spacial score (nSPS) is 28.2. The van der Waals surface area contributed by atoms with E-state index < -0.39 is 0 Å². The zero-order chi connectivity index (χ0) is 14.8. The monoisotopic (exact) mass is 276 g/mol. The van der Waals surface area contributed by atoms with Crippen molar-refractivity contribution in [3.8, 4) is 0 Å². The van der Waals surface area contributed by atoms with Gasteiger partial charge in [-0.1, -0.05) is 30.3 Å². The molecule has 20 heavy (non-hydrogen) atoms. The minimum absolute atomic E-state index is 0.00421. The van der Waals surface area contributed by atoms with Crippen molar-refractivity contribution in [2.75, 3.05) is 26.7 Å². The number of hydrogen-bond donors (Lipinski definition) is 1. The number of hydrogen-bond acceptors (Lipinski definition) is 3. The van der Waals surface area contributed by atoms with Gasteiger partial charge in [0.2, 0.25) is 0 Å². The molecule has 1 fully saturated rings. The van der Waals surface area contributed by atoms with Gasteiger partial charge in [-0.3, -0.25) is 4.90 Å². The first kappa shape index (κ1) is 15.5. The molecule has 1 aliphatic heterocycles. The summed E-state index contributed by atoms with van der Waals surface area (Å²) in [6, 6.07) is 10.7. The molecule has 1 aromatic carbocycles. The van der Waals surface area contributed by atoms with E-state index >= 15 is 0 Å². The van der Waals surface area contributed by atoms with Gasteiger partial charge < -0.3 is 10.1 Å². The summed E-state index contributed by atoms with van der Waals surface area (Å²) in [5.41, 5.74) is 1.51. The lowest BCUT2D eigenvalue weighted by Crippen LogP contribution is -2.66. The van der Waals surface area contributed by atoms with Gasteiger partial charge in [0.1, 0.15) is 0 Å². The molecule has 1 aromatic rings. The molecule has 0 saturated carbocycles. The van der Waals surface area contributed by atoms with Crippen molar-refractivity contribution >= 4 is 0 Å². The highest BCUT2D eigenvalue weighted by molar-refractivity contribution is 5.25. The van der Waals surface area contributed by atoms with Crippen LogP contribution in [0.15, 0.2) is 30.3 Å². The van der Waals surface area contributed by atoms with Gasteiger partial charge >= 0.3 is 0 Å². The summed E-state index contributed by atoms with van der Waals surface area (Å²) in [4.78, 5) is 2.55. The summed E-state index contributed by atoms with van der Waals surface area (Å²) in [6.45, 7) is 12.0. The third-order valence-corrected chi connectivity index (χ3v) is 4.57. The Morgan fingerprint density at radius 1 is 1.25 bits per heavy atom. The fourth-order valence-electron chi connectivity index (χ4n) is 2.87. The van der Waals surface area contributed by atoms with Crippen LogP contribution in [-0.4, -0.2) is 43.3 Å². The van der Waals surface area contributed by atoms with Crippen LogP contribution in [0.4, 0.5) is 0 Å². The fraction of sp³-hybridized carbons (Fsp3) is 0.647. The second-order valence-electron chi connectivity index (χ2n) is 6.79. The van der Waals surface area contributed by atoms with Crippen LogP contribution in [0.5, 0.6) is 0 Å². The first-order valence-electron chi connectivity index (χ1n) is 7.46. The van der Waals surface area contributed by atoms with Crippen molar-refractivity contribution in [1.29, 1.82) is 0 Å². The first-order chi connectivity index (χ1) is 9.37. The number of benzene rings is 1. The lowest BCUT2D eigenvalue weighted by Gasteiger charge is -2.51. The third-order valence-electron chi connectivity index (χ3n) is 4.57. The zero-order valence-corrected chi connectivity index (χ0v) is 13.4. The number of nitrogens with zero attached hydrogens (tertiary/aromatic N) is 1. The smallest absolute Gasteiger partial charge is 0.0670 e. The van der Waals surface area contributed by atoms with Crippen LogP contribution in [0.2, 0.25) is 0 Å². The van der Waals surface area contributed by atoms with Gasteiger partial charge in [-0.05, 0) is 33.3 Å². The zero-order valence-electron chi connectivity index (χ0n) is 13.4. The summed E-state index contributed by atoms with van der Waals surface area (Å²) in [7, 11) is 1.79. The molecule has 3 nitrogen and oxygen atoms in total. The molecule has 3 heteroatoms. The van der Waals surface area contributed by atoms with E-state index in [2.05, 4.69) is 68.2 Å². The number of rotatable bonds is 4. The largest absolute Gasteiger partial charge is 0.380 e. The van der Waals surface area contributed by atoms with Gasteiger partial charge in [0.25, 0.3) is 0 Å². The molecule has 2 rings (SSSR count). The quantitative estimate of drug-likeness (QED) is 0.915. The highest BCUT2D eigenvalue weighted by Crippen LogP contribution is 2.30. The van der Waals surface area contributed by atoms with Gasteiger partial charge in [0.05, 0.1) is 11.6 Å². The van der Waals surface area contributed by atoms with Gasteiger partial charge in [0.15, 0.2) is 0 Å². The molecule has 1 saturated heterocycles. The van der Waals surface area contributed by atoms with Gasteiger partial charge in [0, 0.05) is 32.3 Å². The Morgan fingerprint density at radius 2 is 1.90 bits per heavy atom. The lowest BCUT2D eigenvalue weighted by atomic mass is 9.84. The predicted molar refractivity (Wildman–Crippen MR) is 83.9 cm³/mol. The van der Waals surface area contributed by atoms with E-state index in [0.29, 0.717) is 0 Å². The average molecular weight is 276 g/mol. The van der Waals surface area contributed by atoms with Crippen LogP contribution in [0, 0.1) is 0 Å². The highest BCUT2D eigenvalue weighted by atomic mass is 16.5. The van der Waals surface area contributed by atoms with Crippen LogP contribution in [-0.2, 0) is 10.3 Å². The number of ether oxygens (including phenoxy) is 1. The van der Waals surface area contributed by atoms with Crippen molar-refractivity contribution in [3.63, 3.8) is 0 Å². The molecule has 0 amide bonds. The van der Waals surface area contributed by atoms with Gasteiger partial charge in [-0.25, -0.2) is 0 Å². The maximum Gasteiger partial charge on any atom is 0.0670 e. The van der Waals surface area contributed by atoms with E-state index in [1.807, 2.05) is 0 Å². The molecule has 1 heterocycles. The van der Waals surface area contributed by atoms with E-state index in [1.54, 1.807) is 7.11 Å². The number of nitrogens with one attached hydrogen (secondary N) is 1. The molecule has 112 valence electrons. The first-order valence-corrected chi connectivity index (χ1v) is 7.46. The van der Waals surface area contributed by atoms with E-state index in [-0.39, 0.29) is 17.2 Å². The Bertz CT molecular complexity index is 432. The summed E-state index contributed by atoms with van der Waals surface area (Å²) in [5, 5.41) is 3.74. The summed E-state index contributed by atoms with van der Waals surface area (Å²) in [5.74, 6) is 0. The van der Waals surface area contributed by atoms with Crippen LogP contribution in [0.3, 0.4) is 0 Å². The molecule has 1 N–H and O–H groups in total. The Kier molecular flexibility index (Phi) is 4.52. The van der Waals surface area contributed by atoms with Crippen molar-refractivity contribution < 1.29 is 4.74 Å². The Morgan fingerprint density at radius 3 is 2.50 bits per heavy atom. The molecule has 0 bridgehead atoms. The molecular weight excluding hydrogens is 248 g/mol. The lowest BCUT2D eigenvalue weighted by molar-refractivity contribution is -0.0115. The van der Waals surface area contributed by atoms with E-state index in [4.69, 9.17) is 4.74 Å². The molecule has 0 spiro atoms. The Labute approximate surface area is 123 Å². The highest BCUT2D eigenvalue weighted by Gasteiger charge is 2.41. The molecule has 1 aliphatic rings. The van der Waals surface area contributed by atoms with Crippen LogP contribution in [0.1, 0.15) is 33.3 Å². The molecule has 0 aliphatic carbocycles. The number of methoxy groups -OCH3 is 1. The van der Waals surface area contributed by atoms with Crippen molar-refractivity contribution in [3.05, 3.63) is 35.9 Å². The van der Waals surface area contributed by atoms with Gasteiger partial charge in [-0.2, -0.15) is 0 Å². The van der Waals surface area contributed by atoms with Crippen LogP contribution in [0.25, 0.3) is 0 Å². The topological polar surface area (TPSA) is 24.5 Å². The third kappa shape index (κ3) is 3.22. The van der Waals surface area contributed by atoms with Gasteiger partial charge in [-0.15, -0.1) is 0 Å². The Hall–Kier alpha value is -0.900. The molecule has 0 radical (unpaired) electrons. The molecule has 0 aromatic heterocycles. The standard InChI is InChI=1S/C17H28N2O/c1-14(20-5)11-19-13-17(4,18-12-16(19,2)3)15-9-7-6-8-10-15/h6-10,14,18H,11-13H2,1-5H3. The predicted octanol–water partition coefficient (Wildman–Crippen LogP) is 2.62. The van der Waals surface area contributed by atoms with Crippen LogP contribution >= 0.6 is 0 Å². The summed E-state index contributed by atoms with van der Waals surface area (Å²) in [6.07, 6.45) is 0.257. The van der Waals surface area contributed by atoms with E-state index in [9.17, 15) is 0 Å². The average Bonchev–Trinajstić information content (AvgIpc) is 2.44. The summed E-state index contributed by atoms with van der Waals surface area (Å²) < 4.78 is 5.46. The molecule has 2 atom stereocenters. The van der Waals surface area contributed by atoms with Crippen molar-refractivity contribution in [2.45, 2.75) is 44.9 Å². The Balaban J connectivity index is 2.19. The SMILES string of the molecule is COC(C)CN1CC(C)(c2ccccc2)NCC1(C)C. The van der Waals surface area contributed by atoms with E-state index in [1.165, 1.54) is 5.56 Å². The maximum absolute atomic E-state index is 5.46. The second kappa shape index (κ2) is 5.84. The van der Waals surface area contributed by atoms with Crippen LogP contribution < -0.4 is 5.32 Å². The fourth-order valence-corrected chi connectivity index (χ4v) is 2.87. The second-order valence-corrected chi connectivity index (χ2v) is 6.79.